The molecule has 0 spiro atoms. The number of thiocarbonyl (C=S) groups is 1. The Morgan fingerprint density at radius 2 is 1.92 bits per heavy atom. The summed E-state index contributed by atoms with van der Waals surface area (Å²) in [5.74, 6) is 0. The van der Waals surface area contributed by atoms with Crippen molar-refractivity contribution in [1.82, 2.24) is 10.2 Å². The average Bonchev–Trinajstić information content (AvgIpc) is 2.06. The van der Waals surface area contributed by atoms with Crippen molar-refractivity contribution in [3.05, 3.63) is 0 Å². The minimum absolute atomic E-state index is 0.128. The first-order chi connectivity index (χ1) is 5.55. The fourth-order valence-electron chi connectivity index (χ4n) is 1.38. The van der Waals surface area contributed by atoms with Gasteiger partial charge in [0.2, 0.25) is 0 Å². The first kappa shape index (κ1) is 9.89. The molecular weight excluding hydrogens is 170 g/mol. The van der Waals surface area contributed by atoms with Crippen molar-refractivity contribution in [3.8, 4) is 0 Å². The molecule has 0 amide bonds. The van der Waals surface area contributed by atoms with E-state index in [1.54, 1.807) is 0 Å². The van der Waals surface area contributed by atoms with Gasteiger partial charge in [0.1, 0.15) is 0 Å². The Morgan fingerprint density at radius 3 is 2.33 bits per heavy atom. The highest BCUT2D eigenvalue weighted by molar-refractivity contribution is 7.80. The van der Waals surface area contributed by atoms with Crippen LogP contribution in [0.4, 0.5) is 0 Å². The van der Waals surface area contributed by atoms with Gasteiger partial charge in [0.05, 0.1) is 10.5 Å². The zero-order chi connectivity index (χ0) is 9.19. The predicted molar refractivity (Wildman–Crippen MR) is 55.3 cm³/mol. The molecule has 0 unspecified atom stereocenters. The zero-order valence-corrected chi connectivity index (χ0v) is 8.58. The number of hydrogen-bond donors (Lipinski definition) is 2. The smallest absolute Gasteiger partial charge is 0.0928 e. The quantitative estimate of drug-likeness (QED) is 0.595. The molecule has 3 N–H and O–H groups in total. The van der Waals surface area contributed by atoms with Crippen LogP contribution in [0, 0.1) is 0 Å². The fourth-order valence-corrected chi connectivity index (χ4v) is 1.51. The van der Waals surface area contributed by atoms with Crippen LogP contribution in [-0.4, -0.2) is 41.6 Å². The van der Waals surface area contributed by atoms with Gasteiger partial charge in [-0.1, -0.05) is 12.2 Å². The van der Waals surface area contributed by atoms with E-state index >= 15 is 0 Å². The third-order valence-electron chi connectivity index (χ3n) is 2.51. The van der Waals surface area contributed by atoms with Crippen molar-refractivity contribution in [3.63, 3.8) is 0 Å². The molecule has 0 aliphatic carbocycles. The SMILES string of the molecule is CC(C)(C(N)=S)N1CCNCC1. The lowest BCUT2D eigenvalue weighted by molar-refractivity contribution is 0.157. The molecule has 1 rings (SSSR count). The van der Waals surface area contributed by atoms with E-state index in [-0.39, 0.29) is 5.54 Å². The van der Waals surface area contributed by atoms with E-state index in [1.807, 2.05) is 0 Å². The minimum atomic E-state index is -0.128. The van der Waals surface area contributed by atoms with Crippen molar-refractivity contribution >= 4 is 17.2 Å². The van der Waals surface area contributed by atoms with Crippen molar-refractivity contribution in [2.75, 3.05) is 26.2 Å². The standard InChI is InChI=1S/C8H17N3S/c1-8(2,7(9)12)11-5-3-10-4-6-11/h10H,3-6H2,1-2H3,(H2,9,12). The maximum atomic E-state index is 5.67. The maximum absolute atomic E-state index is 5.67. The number of piperazine rings is 1. The van der Waals surface area contributed by atoms with Crippen LogP contribution in [0.1, 0.15) is 13.8 Å². The van der Waals surface area contributed by atoms with Crippen LogP contribution in [0.5, 0.6) is 0 Å². The lowest BCUT2D eigenvalue weighted by Gasteiger charge is -2.40. The van der Waals surface area contributed by atoms with E-state index in [1.165, 1.54) is 0 Å². The van der Waals surface area contributed by atoms with E-state index in [0.29, 0.717) is 4.99 Å². The van der Waals surface area contributed by atoms with Gasteiger partial charge < -0.3 is 11.1 Å². The predicted octanol–water partition coefficient (Wildman–Crippen LogP) is -0.0437. The monoisotopic (exact) mass is 187 g/mol. The van der Waals surface area contributed by atoms with E-state index in [2.05, 4.69) is 24.1 Å². The lowest BCUT2D eigenvalue weighted by Crippen LogP contribution is -2.58. The van der Waals surface area contributed by atoms with E-state index < -0.39 is 0 Å². The Hall–Kier alpha value is -0.190. The molecule has 3 nitrogen and oxygen atoms in total. The molecular formula is C8H17N3S. The van der Waals surface area contributed by atoms with Gasteiger partial charge in [-0.3, -0.25) is 4.90 Å². The van der Waals surface area contributed by atoms with Crippen LogP contribution in [-0.2, 0) is 0 Å². The molecule has 4 heteroatoms. The van der Waals surface area contributed by atoms with Crippen molar-refractivity contribution in [2.24, 2.45) is 5.73 Å². The summed E-state index contributed by atoms with van der Waals surface area (Å²) in [6, 6.07) is 0. The number of hydrogen-bond acceptors (Lipinski definition) is 3. The summed E-state index contributed by atoms with van der Waals surface area (Å²) in [4.78, 5) is 2.91. The molecule has 12 heavy (non-hydrogen) atoms. The topological polar surface area (TPSA) is 41.3 Å². The number of nitrogens with one attached hydrogen (secondary N) is 1. The molecule has 0 bridgehead atoms. The molecule has 1 aliphatic heterocycles. The Labute approximate surface area is 79.3 Å². The van der Waals surface area contributed by atoms with E-state index in [9.17, 15) is 0 Å². The van der Waals surface area contributed by atoms with Crippen LogP contribution in [0.15, 0.2) is 0 Å². The van der Waals surface area contributed by atoms with E-state index in [4.69, 9.17) is 18.0 Å². The molecule has 0 radical (unpaired) electrons. The van der Waals surface area contributed by atoms with Gasteiger partial charge in [-0.15, -0.1) is 0 Å². The molecule has 1 saturated heterocycles. The molecule has 1 fully saturated rings. The summed E-state index contributed by atoms with van der Waals surface area (Å²) in [6.45, 7) is 8.30. The van der Waals surface area contributed by atoms with Crippen LogP contribution < -0.4 is 11.1 Å². The van der Waals surface area contributed by atoms with Crippen LogP contribution >= 0.6 is 12.2 Å². The number of nitrogens with two attached hydrogens (primary N) is 1. The summed E-state index contributed by atoms with van der Waals surface area (Å²) >= 11 is 5.03. The molecule has 0 aromatic rings. The van der Waals surface area contributed by atoms with Gasteiger partial charge in [-0.05, 0) is 13.8 Å². The van der Waals surface area contributed by atoms with Crippen molar-refractivity contribution < 1.29 is 0 Å². The Bertz CT molecular complexity index is 173. The number of rotatable bonds is 2. The molecule has 0 aromatic heterocycles. The second-order valence-corrected chi connectivity index (χ2v) is 4.10. The fraction of sp³-hybridized carbons (Fsp3) is 0.875. The highest BCUT2D eigenvalue weighted by Crippen LogP contribution is 2.14. The molecule has 1 heterocycles. The summed E-state index contributed by atoms with van der Waals surface area (Å²) in [5, 5.41) is 3.30. The van der Waals surface area contributed by atoms with Crippen LogP contribution in [0.25, 0.3) is 0 Å². The normalized spacial score (nSPS) is 20.8. The second kappa shape index (κ2) is 3.68. The van der Waals surface area contributed by atoms with Gasteiger partial charge in [-0.2, -0.15) is 0 Å². The van der Waals surface area contributed by atoms with E-state index in [0.717, 1.165) is 26.2 Å². The molecule has 0 saturated carbocycles. The van der Waals surface area contributed by atoms with Crippen molar-refractivity contribution in [1.29, 1.82) is 0 Å². The largest absolute Gasteiger partial charge is 0.392 e. The highest BCUT2D eigenvalue weighted by atomic mass is 32.1. The Morgan fingerprint density at radius 1 is 1.42 bits per heavy atom. The highest BCUT2D eigenvalue weighted by Gasteiger charge is 2.30. The summed E-state index contributed by atoms with van der Waals surface area (Å²) < 4.78 is 0. The molecule has 70 valence electrons. The van der Waals surface area contributed by atoms with Gasteiger partial charge >= 0.3 is 0 Å². The minimum Gasteiger partial charge on any atom is -0.392 e. The first-order valence-electron chi connectivity index (χ1n) is 4.31. The zero-order valence-electron chi connectivity index (χ0n) is 7.76. The average molecular weight is 187 g/mol. The molecule has 0 atom stereocenters. The molecule has 1 aliphatic rings. The summed E-state index contributed by atoms with van der Waals surface area (Å²) in [7, 11) is 0. The van der Waals surface area contributed by atoms with Gasteiger partial charge in [0, 0.05) is 26.2 Å². The third kappa shape index (κ3) is 1.94. The Balaban J connectivity index is 2.59. The molecule has 0 aromatic carbocycles. The summed E-state index contributed by atoms with van der Waals surface area (Å²) in [6.07, 6.45) is 0. The first-order valence-corrected chi connectivity index (χ1v) is 4.71. The summed E-state index contributed by atoms with van der Waals surface area (Å²) in [5.41, 5.74) is 5.54. The second-order valence-electron chi connectivity index (χ2n) is 3.66. The Kier molecular flexibility index (Phi) is 3.04. The maximum Gasteiger partial charge on any atom is 0.0928 e. The van der Waals surface area contributed by atoms with Crippen LogP contribution in [0.3, 0.4) is 0 Å². The van der Waals surface area contributed by atoms with Gasteiger partial charge in [0.15, 0.2) is 0 Å². The van der Waals surface area contributed by atoms with Crippen molar-refractivity contribution in [2.45, 2.75) is 19.4 Å². The van der Waals surface area contributed by atoms with Crippen LogP contribution in [0.2, 0.25) is 0 Å². The van der Waals surface area contributed by atoms with Gasteiger partial charge in [0.25, 0.3) is 0 Å². The third-order valence-corrected chi connectivity index (χ3v) is 3.01. The number of nitrogens with zero attached hydrogens (tertiary/aromatic N) is 1. The van der Waals surface area contributed by atoms with Gasteiger partial charge in [-0.25, -0.2) is 0 Å². The lowest BCUT2D eigenvalue weighted by atomic mass is 10.0.